The Morgan fingerprint density at radius 2 is 2.20 bits per heavy atom. The van der Waals surface area contributed by atoms with Crippen molar-refractivity contribution in [1.82, 2.24) is 15.0 Å². The van der Waals surface area contributed by atoms with Crippen molar-refractivity contribution in [3.8, 4) is 0 Å². The van der Waals surface area contributed by atoms with Crippen molar-refractivity contribution in [1.29, 1.82) is 0 Å². The van der Waals surface area contributed by atoms with E-state index in [0.29, 0.717) is 4.47 Å². The predicted octanol–water partition coefficient (Wildman–Crippen LogP) is 0.373. The monoisotopic (exact) mass is 362 g/mol. The standard InChI is InChI=1S/C11H15BrN4O3S/c12-7-5-9(11(13)14-6-7)20(18,19)15-4-3-10(17)16-8-1-2-8/h5-6,8,15H,1-4H2,(H2,13,14)(H,16,17). The molecule has 1 aromatic heterocycles. The van der Waals surface area contributed by atoms with E-state index in [0.717, 1.165) is 12.8 Å². The minimum absolute atomic E-state index is 0.0207. The molecular weight excluding hydrogens is 348 g/mol. The molecule has 1 saturated carbocycles. The number of nitrogens with two attached hydrogens (primary N) is 1. The quantitative estimate of drug-likeness (QED) is 0.676. The smallest absolute Gasteiger partial charge is 0.244 e. The number of nitrogens with zero attached hydrogens (tertiary/aromatic N) is 1. The lowest BCUT2D eigenvalue weighted by molar-refractivity contribution is -0.121. The van der Waals surface area contributed by atoms with Gasteiger partial charge in [0.05, 0.1) is 0 Å². The summed E-state index contributed by atoms with van der Waals surface area (Å²) < 4.78 is 26.9. The number of rotatable bonds is 6. The predicted molar refractivity (Wildman–Crippen MR) is 77.3 cm³/mol. The molecule has 1 aliphatic carbocycles. The zero-order valence-corrected chi connectivity index (χ0v) is 13.0. The van der Waals surface area contributed by atoms with E-state index >= 15 is 0 Å². The summed E-state index contributed by atoms with van der Waals surface area (Å²) in [6.45, 7) is 0.0207. The van der Waals surface area contributed by atoms with Crippen molar-refractivity contribution in [2.75, 3.05) is 12.3 Å². The van der Waals surface area contributed by atoms with Gasteiger partial charge in [-0.15, -0.1) is 0 Å². The number of amides is 1. The third kappa shape index (κ3) is 4.15. The summed E-state index contributed by atoms with van der Waals surface area (Å²) in [5.41, 5.74) is 5.55. The zero-order chi connectivity index (χ0) is 14.8. The van der Waals surface area contributed by atoms with Gasteiger partial charge in [-0.05, 0) is 34.8 Å². The molecule has 1 aromatic rings. The first-order valence-corrected chi connectivity index (χ1v) is 8.36. The van der Waals surface area contributed by atoms with Crippen LogP contribution in [0.4, 0.5) is 5.82 Å². The molecule has 9 heteroatoms. The van der Waals surface area contributed by atoms with Gasteiger partial charge in [-0.2, -0.15) is 0 Å². The van der Waals surface area contributed by atoms with Crippen molar-refractivity contribution in [2.24, 2.45) is 0 Å². The molecule has 110 valence electrons. The zero-order valence-electron chi connectivity index (χ0n) is 10.6. The number of pyridine rings is 1. The maximum absolute atomic E-state index is 12.0. The van der Waals surface area contributed by atoms with Crippen molar-refractivity contribution < 1.29 is 13.2 Å². The molecule has 1 fully saturated rings. The minimum atomic E-state index is -3.77. The first kappa shape index (κ1) is 15.2. The van der Waals surface area contributed by atoms with Gasteiger partial charge >= 0.3 is 0 Å². The van der Waals surface area contributed by atoms with Crippen LogP contribution in [0.15, 0.2) is 21.6 Å². The summed E-state index contributed by atoms with van der Waals surface area (Å²) in [5, 5.41) is 2.78. The summed E-state index contributed by atoms with van der Waals surface area (Å²) in [7, 11) is -3.77. The topological polar surface area (TPSA) is 114 Å². The van der Waals surface area contributed by atoms with Gasteiger partial charge in [0.25, 0.3) is 0 Å². The summed E-state index contributed by atoms with van der Waals surface area (Å²) in [4.78, 5) is 15.1. The second-order valence-corrected chi connectivity index (χ2v) is 7.18. The lowest BCUT2D eigenvalue weighted by Gasteiger charge is -2.09. The van der Waals surface area contributed by atoms with Gasteiger partial charge in [-0.3, -0.25) is 4.79 Å². The maximum Gasteiger partial charge on any atom is 0.244 e. The molecule has 2 rings (SSSR count). The van der Waals surface area contributed by atoms with Gasteiger partial charge in [0.15, 0.2) is 0 Å². The fraction of sp³-hybridized carbons (Fsp3) is 0.455. The molecule has 0 radical (unpaired) electrons. The van der Waals surface area contributed by atoms with Gasteiger partial charge in [0.1, 0.15) is 10.7 Å². The number of hydrogen-bond donors (Lipinski definition) is 3. The number of carbonyl (C=O) groups is 1. The van der Waals surface area contributed by atoms with Crippen LogP contribution in [0.1, 0.15) is 19.3 Å². The second kappa shape index (κ2) is 6.06. The summed E-state index contributed by atoms with van der Waals surface area (Å²) in [6, 6.07) is 1.64. The summed E-state index contributed by atoms with van der Waals surface area (Å²) in [5.74, 6) is -0.237. The Morgan fingerprint density at radius 3 is 2.85 bits per heavy atom. The molecule has 0 spiro atoms. The lowest BCUT2D eigenvalue weighted by atomic mass is 10.4. The lowest BCUT2D eigenvalue weighted by Crippen LogP contribution is -2.32. The van der Waals surface area contributed by atoms with Gasteiger partial charge in [-0.1, -0.05) is 0 Å². The average Bonchev–Trinajstić information content (AvgIpc) is 3.15. The fourth-order valence-electron chi connectivity index (χ4n) is 1.55. The van der Waals surface area contributed by atoms with Crippen LogP contribution in [-0.2, 0) is 14.8 Å². The van der Waals surface area contributed by atoms with Crippen molar-refractivity contribution in [2.45, 2.75) is 30.2 Å². The van der Waals surface area contributed by atoms with Crippen LogP contribution in [0.2, 0.25) is 0 Å². The molecule has 0 unspecified atom stereocenters. The van der Waals surface area contributed by atoms with Crippen molar-refractivity contribution in [3.05, 3.63) is 16.7 Å². The maximum atomic E-state index is 12.0. The Labute approximate surface area is 125 Å². The van der Waals surface area contributed by atoms with E-state index in [1.165, 1.54) is 12.3 Å². The highest BCUT2D eigenvalue weighted by Gasteiger charge is 2.23. The van der Waals surface area contributed by atoms with E-state index in [1.807, 2.05) is 0 Å². The highest BCUT2D eigenvalue weighted by molar-refractivity contribution is 9.10. The molecule has 0 bridgehead atoms. The molecule has 0 aromatic carbocycles. The number of sulfonamides is 1. The summed E-state index contributed by atoms with van der Waals surface area (Å²) in [6.07, 6.45) is 3.50. The third-order valence-corrected chi connectivity index (χ3v) is 4.65. The highest BCUT2D eigenvalue weighted by Crippen LogP contribution is 2.20. The van der Waals surface area contributed by atoms with E-state index in [2.05, 4.69) is 31.0 Å². The number of carbonyl (C=O) groups excluding carboxylic acids is 1. The molecule has 1 amide bonds. The number of nitrogens with one attached hydrogen (secondary N) is 2. The summed E-state index contributed by atoms with van der Waals surface area (Å²) >= 11 is 3.14. The molecule has 20 heavy (non-hydrogen) atoms. The van der Waals surface area contributed by atoms with Crippen molar-refractivity contribution >= 4 is 37.7 Å². The van der Waals surface area contributed by atoms with Gasteiger partial charge in [0, 0.05) is 29.7 Å². The van der Waals surface area contributed by atoms with Gasteiger partial charge < -0.3 is 11.1 Å². The van der Waals surface area contributed by atoms with E-state index < -0.39 is 10.0 Å². The van der Waals surface area contributed by atoms with Crippen LogP contribution in [0, 0.1) is 0 Å². The number of halogens is 1. The number of nitrogen functional groups attached to an aromatic ring is 1. The van der Waals surface area contributed by atoms with Crippen LogP contribution in [0.3, 0.4) is 0 Å². The highest BCUT2D eigenvalue weighted by atomic mass is 79.9. The van der Waals surface area contributed by atoms with E-state index in [9.17, 15) is 13.2 Å². The second-order valence-electron chi connectivity index (χ2n) is 4.53. The van der Waals surface area contributed by atoms with Crippen LogP contribution in [-0.4, -0.2) is 31.9 Å². The Morgan fingerprint density at radius 1 is 1.50 bits per heavy atom. The fourth-order valence-corrected chi connectivity index (χ4v) is 3.17. The first-order chi connectivity index (χ1) is 9.38. The molecule has 0 saturated heterocycles. The van der Waals surface area contributed by atoms with E-state index in [1.54, 1.807) is 0 Å². The number of anilines is 1. The molecule has 1 heterocycles. The van der Waals surface area contributed by atoms with Crippen LogP contribution >= 0.6 is 15.9 Å². The average molecular weight is 363 g/mol. The molecule has 0 atom stereocenters. The SMILES string of the molecule is Nc1ncc(Br)cc1S(=O)(=O)NCCC(=O)NC1CC1. The van der Waals surface area contributed by atoms with E-state index in [-0.39, 0.29) is 35.6 Å². The molecule has 0 aliphatic heterocycles. The number of aromatic nitrogens is 1. The van der Waals surface area contributed by atoms with Gasteiger partial charge in [0.2, 0.25) is 15.9 Å². The number of hydrogen-bond acceptors (Lipinski definition) is 5. The van der Waals surface area contributed by atoms with Crippen molar-refractivity contribution in [3.63, 3.8) is 0 Å². The first-order valence-electron chi connectivity index (χ1n) is 6.08. The van der Waals surface area contributed by atoms with E-state index in [4.69, 9.17) is 5.73 Å². The van der Waals surface area contributed by atoms with Crippen LogP contribution < -0.4 is 15.8 Å². The Kier molecular flexibility index (Phi) is 4.61. The minimum Gasteiger partial charge on any atom is -0.383 e. The largest absolute Gasteiger partial charge is 0.383 e. The van der Waals surface area contributed by atoms with Gasteiger partial charge in [-0.25, -0.2) is 18.1 Å². The molecule has 1 aliphatic rings. The Bertz CT molecular complexity index is 616. The normalized spacial score (nSPS) is 15.1. The Balaban J connectivity index is 1.93. The third-order valence-electron chi connectivity index (χ3n) is 2.72. The molecule has 7 nitrogen and oxygen atoms in total. The Hall–Kier alpha value is -1.19. The van der Waals surface area contributed by atoms with Crippen LogP contribution in [0.5, 0.6) is 0 Å². The van der Waals surface area contributed by atoms with Crippen LogP contribution in [0.25, 0.3) is 0 Å². The molecular formula is C11H15BrN4O3S. The molecule has 4 N–H and O–H groups in total.